The highest BCUT2D eigenvalue weighted by atomic mass is 35.5. The van der Waals surface area contributed by atoms with Crippen LogP contribution >= 0.6 is 34.5 Å². The maximum atomic E-state index is 12.6. The average molecular weight is 448 g/mol. The van der Waals surface area contributed by atoms with E-state index in [1.807, 2.05) is 19.1 Å². The molecule has 2 heterocycles. The van der Waals surface area contributed by atoms with Crippen LogP contribution in [0.4, 0.5) is 4.79 Å². The van der Waals surface area contributed by atoms with E-state index >= 15 is 0 Å². The van der Waals surface area contributed by atoms with E-state index in [0.717, 1.165) is 16.9 Å². The molecule has 146 valence electrons. The summed E-state index contributed by atoms with van der Waals surface area (Å²) in [6, 6.07) is 9.97. The lowest BCUT2D eigenvalue weighted by Gasteiger charge is -2.34. The van der Waals surface area contributed by atoms with Gasteiger partial charge in [-0.25, -0.2) is 13.2 Å². The van der Waals surface area contributed by atoms with Crippen LogP contribution in [0.1, 0.15) is 18.5 Å². The molecule has 0 radical (unpaired) electrons. The molecule has 1 atom stereocenters. The van der Waals surface area contributed by atoms with E-state index in [4.69, 9.17) is 23.2 Å². The van der Waals surface area contributed by atoms with Gasteiger partial charge in [-0.15, -0.1) is 11.3 Å². The second kappa shape index (κ2) is 8.36. The third kappa shape index (κ3) is 4.75. The van der Waals surface area contributed by atoms with Gasteiger partial charge in [0.1, 0.15) is 4.21 Å². The molecule has 0 unspecified atom stereocenters. The summed E-state index contributed by atoms with van der Waals surface area (Å²) < 4.78 is 27.3. The fraction of sp³-hybridized carbons (Fsp3) is 0.353. The van der Waals surface area contributed by atoms with Crippen LogP contribution in [0.15, 0.2) is 40.6 Å². The molecule has 0 aliphatic carbocycles. The van der Waals surface area contributed by atoms with Crippen molar-refractivity contribution in [1.82, 2.24) is 14.5 Å². The molecule has 0 spiro atoms. The molecule has 1 N–H and O–H groups in total. The van der Waals surface area contributed by atoms with Crippen molar-refractivity contribution in [2.45, 2.75) is 17.2 Å². The van der Waals surface area contributed by atoms with Gasteiger partial charge in [0.15, 0.2) is 0 Å². The Hall–Kier alpha value is -1.32. The second-order valence-electron chi connectivity index (χ2n) is 6.17. The lowest BCUT2D eigenvalue weighted by molar-refractivity contribution is 0.169. The summed E-state index contributed by atoms with van der Waals surface area (Å²) >= 11 is 12.8. The van der Waals surface area contributed by atoms with E-state index in [1.165, 1.54) is 10.4 Å². The quantitative estimate of drug-likeness (QED) is 0.773. The Morgan fingerprint density at radius 1 is 1.07 bits per heavy atom. The lowest BCUT2D eigenvalue weighted by Crippen LogP contribution is -2.53. The normalized spacial score (nSPS) is 16.9. The highest BCUT2D eigenvalue weighted by Gasteiger charge is 2.31. The molecular weight excluding hydrogens is 429 g/mol. The number of thiophene rings is 1. The van der Waals surface area contributed by atoms with Crippen molar-refractivity contribution < 1.29 is 13.2 Å². The summed E-state index contributed by atoms with van der Waals surface area (Å²) in [7, 11) is -3.56. The molecule has 27 heavy (non-hydrogen) atoms. The minimum atomic E-state index is -3.56. The smallest absolute Gasteiger partial charge is 0.317 e. The van der Waals surface area contributed by atoms with Gasteiger partial charge in [0, 0.05) is 31.2 Å². The van der Waals surface area contributed by atoms with Gasteiger partial charge in [-0.1, -0.05) is 35.3 Å². The molecule has 6 nitrogen and oxygen atoms in total. The number of nitrogens with zero attached hydrogens (tertiary/aromatic N) is 2. The number of hydrogen-bond acceptors (Lipinski definition) is 4. The van der Waals surface area contributed by atoms with Gasteiger partial charge in [0.25, 0.3) is 10.0 Å². The maximum Gasteiger partial charge on any atom is 0.317 e. The topological polar surface area (TPSA) is 69.7 Å². The molecule has 3 rings (SSSR count). The molecule has 1 aliphatic heterocycles. The Labute approximate surface area is 172 Å². The van der Waals surface area contributed by atoms with Crippen LogP contribution in [-0.4, -0.2) is 49.8 Å². The molecule has 0 bridgehead atoms. The molecule has 1 fully saturated rings. The first-order valence-electron chi connectivity index (χ1n) is 8.34. The summed E-state index contributed by atoms with van der Waals surface area (Å²) in [6.45, 7) is 3.05. The van der Waals surface area contributed by atoms with E-state index in [-0.39, 0.29) is 29.4 Å². The zero-order valence-corrected chi connectivity index (χ0v) is 17.7. The number of benzene rings is 1. The first-order valence-corrected chi connectivity index (χ1v) is 11.3. The molecule has 0 saturated carbocycles. The van der Waals surface area contributed by atoms with Gasteiger partial charge < -0.3 is 10.2 Å². The SMILES string of the molecule is C[C@H](NC(=O)N1CCN(S(=O)(=O)c2ccc(Cl)s2)CC1)c1ccc(Cl)cc1. The van der Waals surface area contributed by atoms with E-state index < -0.39 is 10.0 Å². The van der Waals surface area contributed by atoms with Crippen molar-refractivity contribution in [3.8, 4) is 0 Å². The van der Waals surface area contributed by atoms with Gasteiger partial charge >= 0.3 is 6.03 Å². The van der Waals surface area contributed by atoms with Gasteiger partial charge in [-0.2, -0.15) is 4.31 Å². The molecule has 2 amide bonds. The van der Waals surface area contributed by atoms with E-state index in [1.54, 1.807) is 23.1 Å². The zero-order valence-electron chi connectivity index (χ0n) is 14.6. The molecule has 1 aromatic heterocycles. The van der Waals surface area contributed by atoms with Crippen LogP contribution in [0.3, 0.4) is 0 Å². The van der Waals surface area contributed by atoms with Crippen molar-refractivity contribution in [2.75, 3.05) is 26.2 Å². The Balaban J connectivity index is 1.57. The van der Waals surface area contributed by atoms with Crippen LogP contribution in [-0.2, 0) is 10.0 Å². The summed E-state index contributed by atoms with van der Waals surface area (Å²) in [6.07, 6.45) is 0. The number of sulfonamides is 1. The van der Waals surface area contributed by atoms with Crippen LogP contribution in [0.2, 0.25) is 9.36 Å². The number of urea groups is 1. The number of nitrogens with one attached hydrogen (secondary N) is 1. The van der Waals surface area contributed by atoms with Crippen molar-refractivity contribution in [2.24, 2.45) is 0 Å². The van der Waals surface area contributed by atoms with Gasteiger partial charge in [-0.05, 0) is 36.8 Å². The largest absolute Gasteiger partial charge is 0.331 e. The summed E-state index contributed by atoms with van der Waals surface area (Å²) in [5.74, 6) is 0. The number of piperazine rings is 1. The fourth-order valence-corrected chi connectivity index (χ4v) is 5.99. The Kier molecular flexibility index (Phi) is 6.32. The minimum Gasteiger partial charge on any atom is -0.331 e. The predicted molar refractivity (Wildman–Crippen MR) is 108 cm³/mol. The Bertz CT molecular complexity index is 908. The van der Waals surface area contributed by atoms with E-state index in [0.29, 0.717) is 22.4 Å². The van der Waals surface area contributed by atoms with Gasteiger partial charge in [0.05, 0.1) is 10.4 Å². The maximum absolute atomic E-state index is 12.6. The monoisotopic (exact) mass is 447 g/mol. The number of carbonyl (C=O) groups excluding carboxylic acids is 1. The summed E-state index contributed by atoms with van der Waals surface area (Å²) in [4.78, 5) is 14.1. The van der Waals surface area contributed by atoms with Crippen LogP contribution in [0.25, 0.3) is 0 Å². The highest BCUT2D eigenvalue weighted by Crippen LogP contribution is 2.28. The van der Waals surface area contributed by atoms with Crippen molar-refractivity contribution in [3.05, 3.63) is 51.3 Å². The molecule has 1 saturated heterocycles. The van der Waals surface area contributed by atoms with Crippen LogP contribution < -0.4 is 5.32 Å². The van der Waals surface area contributed by atoms with Crippen molar-refractivity contribution >= 4 is 50.6 Å². The first kappa shape index (κ1) is 20.4. The Morgan fingerprint density at radius 3 is 2.26 bits per heavy atom. The lowest BCUT2D eigenvalue weighted by atomic mass is 10.1. The van der Waals surface area contributed by atoms with E-state index in [2.05, 4.69) is 5.32 Å². The predicted octanol–water partition coefficient (Wildman–Crippen LogP) is 3.83. The molecule has 2 aromatic rings. The number of hydrogen-bond donors (Lipinski definition) is 1. The minimum absolute atomic E-state index is 0.176. The third-order valence-electron chi connectivity index (χ3n) is 4.38. The number of rotatable bonds is 4. The van der Waals surface area contributed by atoms with E-state index in [9.17, 15) is 13.2 Å². The highest BCUT2D eigenvalue weighted by molar-refractivity contribution is 7.91. The average Bonchev–Trinajstić information content (AvgIpc) is 3.09. The second-order valence-corrected chi connectivity index (χ2v) is 10.5. The van der Waals surface area contributed by atoms with Crippen molar-refractivity contribution in [3.63, 3.8) is 0 Å². The van der Waals surface area contributed by atoms with Crippen LogP contribution in [0.5, 0.6) is 0 Å². The zero-order chi connectivity index (χ0) is 19.6. The Morgan fingerprint density at radius 2 is 1.70 bits per heavy atom. The van der Waals surface area contributed by atoms with Crippen molar-refractivity contribution in [1.29, 1.82) is 0 Å². The first-order chi connectivity index (χ1) is 12.8. The van der Waals surface area contributed by atoms with Gasteiger partial charge in [-0.3, -0.25) is 0 Å². The van der Waals surface area contributed by atoms with Crippen LogP contribution in [0, 0.1) is 0 Å². The molecule has 1 aliphatic rings. The summed E-state index contributed by atoms with van der Waals surface area (Å²) in [5.41, 5.74) is 0.948. The molecule has 10 heteroatoms. The fourth-order valence-electron chi connectivity index (χ4n) is 2.81. The van der Waals surface area contributed by atoms with Gasteiger partial charge in [0.2, 0.25) is 0 Å². The number of halogens is 2. The molecular formula is C17H19Cl2N3O3S2. The standard InChI is InChI=1S/C17H19Cl2N3O3S2/c1-12(13-2-4-14(18)5-3-13)20-17(23)21-8-10-22(11-9-21)27(24,25)16-7-6-15(19)26-16/h2-7,12H,8-11H2,1H3,(H,20,23)/t12-/m0/s1. The third-order valence-corrected chi connectivity index (χ3v) is 8.23. The number of carbonyl (C=O) groups is 1. The summed E-state index contributed by atoms with van der Waals surface area (Å²) in [5, 5.41) is 3.57. The molecule has 1 aromatic carbocycles. The number of amides is 2.